The Morgan fingerprint density at radius 3 is 1.49 bits per heavy atom. The highest BCUT2D eigenvalue weighted by molar-refractivity contribution is 5.99. The Balaban J connectivity index is 0.00000387. The number of aromatic amines is 2. The average Bonchev–Trinajstić information content (AvgIpc) is 3.56. The smallest absolute Gasteiger partial charge is 0.326 e. The van der Waals surface area contributed by atoms with Crippen LogP contribution in [0.5, 0.6) is 0 Å². The molecule has 5 aromatic rings. The number of amides is 2. The number of aromatic nitrogens is 3. The summed E-state index contributed by atoms with van der Waals surface area (Å²) in [6.45, 7) is 0. The van der Waals surface area contributed by atoms with Crippen LogP contribution in [0.15, 0.2) is 79.1 Å². The molecule has 41 heavy (non-hydrogen) atoms. The normalized spacial score (nSPS) is 12.3. The highest BCUT2D eigenvalue weighted by Crippen LogP contribution is 2.20. The van der Waals surface area contributed by atoms with E-state index in [2.05, 4.69) is 25.6 Å². The minimum atomic E-state index is -1.25. The molecule has 12 heteroatoms. The van der Waals surface area contributed by atoms with Gasteiger partial charge >= 0.3 is 11.9 Å². The number of carboxylic acids is 2. The van der Waals surface area contributed by atoms with Crippen LogP contribution in [0.25, 0.3) is 21.8 Å². The highest BCUT2D eigenvalue weighted by atomic mass is 16.4. The number of benzene rings is 2. The minimum Gasteiger partial charge on any atom is -0.480 e. The van der Waals surface area contributed by atoms with Gasteiger partial charge in [0.05, 0.1) is 0 Å². The number of H-pyrrole nitrogens is 2. The Kier molecular flexibility index (Phi) is 8.44. The highest BCUT2D eigenvalue weighted by Gasteiger charge is 2.26. The van der Waals surface area contributed by atoms with Crippen molar-refractivity contribution >= 4 is 45.6 Å². The summed E-state index contributed by atoms with van der Waals surface area (Å²) >= 11 is 0. The zero-order chi connectivity index (χ0) is 28.2. The van der Waals surface area contributed by atoms with Crippen LogP contribution < -0.4 is 10.6 Å². The van der Waals surface area contributed by atoms with Crippen molar-refractivity contribution in [1.29, 1.82) is 0 Å². The monoisotopic (exact) mass is 557 g/mol. The standard InChI is InChI=1S/C29H25N5O6.H2O/c35-26(33-24(28(37)38)12-16-14-30-20-8-3-1-6-18(16)20)22-10-5-11-23(32-22)27(36)34-25(29(39)40)13-17-15-31-21-9-4-2-7-19(17)21;/h1-11,14-15,24-25,30-31H,12-13H2,(H,33,35)(H,34,36)(H,37,38)(H,39,40);1H2/t24-,25-;/m0./s1. The predicted molar refractivity (Wildman–Crippen MR) is 150 cm³/mol. The van der Waals surface area contributed by atoms with Crippen molar-refractivity contribution in [3.63, 3.8) is 0 Å². The van der Waals surface area contributed by atoms with Gasteiger partial charge in [0.25, 0.3) is 11.8 Å². The number of fused-ring (bicyclic) bond motifs is 2. The number of aliphatic carboxylic acids is 2. The van der Waals surface area contributed by atoms with Gasteiger partial charge in [-0.05, 0) is 35.4 Å². The summed E-state index contributed by atoms with van der Waals surface area (Å²) in [5.41, 5.74) is 2.77. The molecule has 0 saturated heterocycles. The number of nitrogens with zero attached hydrogens (tertiary/aromatic N) is 1. The molecule has 8 N–H and O–H groups in total. The Hall–Kier alpha value is -5.49. The SMILES string of the molecule is O.O=C(N[C@@H](Cc1c[nH]c2ccccc12)C(=O)O)c1cccc(C(=O)N[C@@H](Cc2c[nH]c3ccccc23)C(=O)O)n1. The molecule has 0 aliphatic heterocycles. The largest absolute Gasteiger partial charge is 0.480 e. The van der Waals surface area contributed by atoms with Crippen LogP contribution in [0.3, 0.4) is 0 Å². The minimum absolute atomic E-state index is 0. The number of rotatable bonds is 10. The molecule has 12 nitrogen and oxygen atoms in total. The van der Waals surface area contributed by atoms with Crippen LogP contribution >= 0.6 is 0 Å². The van der Waals surface area contributed by atoms with Crippen LogP contribution in [0.1, 0.15) is 32.1 Å². The van der Waals surface area contributed by atoms with Gasteiger partial charge in [-0.15, -0.1) is 0 Å². The molecule has 0 fully saturated rings. The zero-order valence-corrected chi connectivity index (χ0v) is 21.5. The first kappa shape index (κ1) is 28.5. The summed E-state index contributed by atoms with van der Waals surface area (Å²) in [4.78, 5) is 59.9. The number of hydrogen-bond acceptors (Lipinski definition) is 5. The zero-order valence-electron chi connectivity index (χ0n) is 21.5. The van der Waals surface area contributed by atoms with Crippen molar-refractivity contribution in [3.05, 3.63) is 102 Å². The van der Waals surface area contributed by atoms with Gasteiger partial charge in [-0.3, -0.25) is 9.59 Å². The number of hydrogen-bond donors (Lipinski definition) is 6. The second kappa shape index (κ2) is 12.1. The van der Waals surface area contributed by atoms with E-state index >= 15 is 0 Å². The maximum absolute atomic E-state index is 12.9. The summed E-state index contributed by atoms with van der Waals surface area (Å²) in [7, 11) is 0. The van der Waals surface area contributed by atoms with E-state index in [9.17, 15) is 29.4 Å². The van der Waals surface area contributed by atoms with Gasteiger partial charge in [-0.2, -0.15) is 0 Å². The molecule has 3 heterocycles. The van der Waals surface area contributed by atoms with Gasteiger partial charge in [0.15, 0.2) is 0 Å². The lowest BCUT2D eigenvalue weighted by Gasteiger charge is -2.15. The lowest BCUT2D eigenvalue weighted by atomic mass is 10.0. The molecular weight excluding hydrogens is 530 g/mol. The van der Waals surface area contributed by atoms with Crippen LogP contribution in [0.2, 0.25) is 0 Å². The number of para-hydroxylation sites is 2. The number of carboxylic acid groups (broad SMARTS) is 2. The van der Waals surface area contributed by atoms with E-state index < -0.39 is 35.8 Å². The number of nitrogens with one attached hydrogen (secondary N) is 4. The lowest BCUT2D eigenvalue weighted by Crippen LogP contribution is -2.43. The molecule has 0 saturated carbocycles. The third-order valence-corrected chi connectivity index (χ3v) is 6.62. The van der Waals surface area contributed by atoms with Crippen molar-refractivity contribution < 1.29 is 34.9 Å². The van der Waals surface area contributed by atoms with E-state index in [-0.39, 0.29) is 29.7 Å². The summed E-state index contributed by atoms with van der Waals surface area (Å²) in [6, 6.07) is 16.4. The molecule has 0 aliphatic carbocycles. The summed E-state index contributed by atoms with van der Waals surface area (Å²) in [6.07, 6.45) is 3.45. The van der Waals surface area contributed by atoms with Crippen LogP contribution in [-0.4, -0.2) is 66.5 Å². The topological polar surface area (TPSA) is 209 Å². The van der Waals surface area contributed by atoms with E-state index in [1.54, 1.807) is 12.4 Å². The number of pyridine rings is 1. The molecule has 2 atom stereocenters. The average molecular weight is 558 g/mol. The molecule has 210 valence electrons. The van der Waals surface area contributed by atoms with E-state index in [0.29, 0.717) is 0 Å². The van der Waals surface area contributed by atoms with Crippen molar-refractivity contribution in [2.45, 2.75) is 24.9 Å². The first-order valence-corrected chi connectivity index (χ1v) is 12.4. The molecule has 0 radical (unpaired) electrons. The van der Waals surface area contributed by atoms with E-state index in [0.717, 1.165) is 32.9 Å². The fourth-order valence-corrected chi connectivity index (χ4v) is 4.59. The second-order valence-electron chi connectivity index (χ2n) is 9.26. The van der Waals surface area contributed by atoms with Gasteiger partial charge in [0.2, 0.25) is 0 Å². The molecular formula is C29H27N5O7. The van der Waals surface area contributed by atoms with E-state index in [1.807, 2.05) is 48.5 Å². The first-order valence-electron chi connectivity index (χ1n) is 12.4. The Morgan fingerprint density at radius 1 is 0.659 bits per heavy atom. The van der Waals surface area contributed by atoms with Crippen molar-refractivity contribution in [1.82, 2.24) is 25.6 Å². The van der Waals surface area contributed by atoms with E-state index in [4.69, 9.17) is 0 Å². The van der Waals surface area contributed by atoms with Crippen LogP contribution in [0.4, 0.5) is 0 Å². The van der Waals surface area contributed by atoms with Gasteiger partial charge in [0, 0.05) is 47.0 Å². The van der Waals surface area contributed by atoms with Gasteiger partial charge in [-0.1, -0.05) is 42.5 Å². The summed E-state index contributed by atoms with van der Waals surface area (Å²) in [5.74, 6) is -4.02. The number of carbonyl (C=O) groups excluding carboxylic acids is 2. The first-order chi connectivity index (χ1) is 19.3. The Morgan fingerprint density at radius 2 is 1.07 bits per heavy atom. The summed E-state index contributed by atoms with van der Waals surface area (Å²) in [5, 5.41) is 26.1. The molecule has 5 rings (SSSR count). The molecule has 0 spiro atoms. The quantitative estimate of drug-likeness (QED) is 0.150. The van der Waals surface area contributed by atoms with Crippen molar-refractivity contribution in [2.24, 2.45) is 0 Å². The maximum Gasteiger partial charge on any atom is 0.326 e. The molecule has 2 amide bonds. The maximum atomic E-state index is 12.9. The third kappa shape index (κ3) is 6.23. The molecule has 0 bridgehead atoms. The van der Waals surface area contributed by atoms with Crippen LogP contribution in [0, 0.1) is 0 Å². The predicted octanol–water partition coefficient (Wildman–Crippen LogP) is 2.07. The fraction of sp³-hybridized carbons (Fsp3) is 0.138. The van der Waals surface area contributed by atoms with Gasteiger partial charge in [0.1, 0.15) is 23.5 Å². The molecule has 0 unspecified atom stereocenters. The van der Waals surface area contributed by atoms with E-state index in [1.165, 1.54) is 18.2 Å². The Bertz CT molecular complexity index is 1620. The van der Waals surface area contributed by atoms with Gasteiger partial charge in [-0.25, -0.2) is 14.6 Å². The fourth-order valence-electron chi connectivity index (χ4n) is 4.59. The van der Waals surface area contributed by atoms with Crippen molar-refractivity contribution in [3.8, 4) is 0 Å². The number of carbonyl (C=O) groups is 4. The third-order valence-electron chi connectivity index (χ3n) is 6.62. The Labute approximate surface area is 232 Å². The summed E-state index contributed by atoms with van der Waals surface area (Å²) < 4.78 is 0. The molecule has 3 aromatic heterocycles. The second-order valence-corrected chi connectivity index (χ2v) is 9.26. The molecule has 0 aliphatic rings. The van der Waals surface area contributed by atoms with Crippen LogP contribution in [-0.2, 0) is 22.4 Å². The van der Waals surface area contributed by atoms with Gasteiger partial charge < -0.3 is 36.3 Å². The molecule has 2 aromatic carbocycles. The van der Waals surface area contributed by atoms with Crippen molar-refractivity contribution in [2.75, 3.05) is 0 Å². The lowest BCUT2D eigenvalue weighted by molar-refractivity contribution is -0.140.